The topological polar surface area (TPSA) is 92.7 Å². The van der Waals surface area contributed by atoms with Gasteiger partial charge in [0.15, 0.2) is 0 Å². The molecule has 0 aliphatic heterocycles. The Morgan fingerprint density at radius 3 is 2.68 bits per heavy atom. The molecule has 0 aliphatic carbocycles. The van der Waals surface area contributed by atoms with Gasteiger partial charge in [0.2, 0.25) is 10.0 Å². The van der Waals surface area contributed by atoms with E-state index >= 15 is 0 Å². The molecule has 0 fully saturated rings. The summed E-state index contributed by atoms with van der Waals surface area (Å²) in [6.07, 6.45) is 0.802. The van der Waals surface area contributed by atoms with Gasteiger partial charge < -0.3 is 9.84 Å². The fourth-order valence-electron chi connectivity index (χ4n) is 1.55. The molecule has 0 saturated heterocycles. The summed E-state index contributed by atoms with van der Waals surface area (Å²) in [6, 6.07) is 4.74. The minimum Gasteiger partial charge on any atom is -0.497 e. The Labute approximate surface area is 112 Å². The molecule has 0 aliphatic rings. The van der Waals surface area contributed by atoms with Crippen LogP contribution < -0.4 is 9.46 Å². The van der Waals surface area contributed by atoms with Crippen LogP contribution in [0.15, 0.2) is 29.2 Å². The number of carboxylic acids is 1. The number of ether oxygens (including phenoxy) is 1. The van der Waals surface area contributed by atoms with E-state index in [-0.39, 0.29) is 11.3 Å². The Kier molecular flexibility index (Phi) is 5.31. The molecule has 0 amide bonds. The van der Waals surface area contributed by atoms with E-state index in [0.717, 1.165) is 0 Å². The number of rotatable bonds is 7. The van der Waals surface area contributed by atoms with Crippen LogP contribution in [0, 0.1) is 0 Å². The van der Waals surface area contributed by atoms with Gasteiger partial charge in [-0.05, 0) is 18.6 Å². The lowest BCUT2D eigenvalue weighted by Gasteiger charge is -2.14. The van der Waals surface area contributed by atoms with Crippen molar-refractivity contribution < 1.29 is 23.1 Å². The predicted octanol–water partition coefficient (Wildman–Crippen LogP) is 1.23. The highest BCUT2D eigenvalue weighted by Gasteiger charge is 2.24. The predicted molar refractivity (Wildman–Crippen MR) is 69.6 cm³/mol. The lowest BCUT2D eigenvalue weighted by atomic mass is 10.2. The second kappa shape index (κ2) is 6.53. The van der Waals surface area contributed by atoms with Gasteiger partial charge in [0.05, 0.1) is 12.0 Å². The second-order valence-corrected chi connectivity index (χ2v) is 5.69. The van der Waals surface area contributed by atoms with Crippen LogP contribution in [0.4, 0.5) is 0 Å². The number of nitrogens with one attached hydrogen (secondary N) is 1. The molecule has 1 unspecified atom stereocenters. The minimum atomic E-state index is -3.87. The van der Waals surface area contributed by atoms with Gasteiger partial charge in [-0.15, -0.1) is 0 Å². The first-order valence-corrected chi connectivity index (χ1v) is 7.28. The molecule has 0 spiro atoms. The number of sulfonamides is 1. The molecule has 1 aromatic rings. The van der Waals surface area contributed by atoms with Gasteiger partial charge in [-0.2, -0.15) is 4.72 Å². The zero-order valence-electron chi connectivity index (χ0n) is 10.8. The van der Waals surface area contributed by atoms with Crippen LogP contribution in [-0.4, -0.2) is 32.6 Å². The molecule has 1 aromatic carbocycles. The van der Waals surface area contributed by atoms with Crippen molar-refractivity contribution >= 4 is 16.0 Å². The lowest BCUT2D eigenvalue weighted by molar-refractivity contribution is -0.139. The molecular formula is C12H17NO5S. The number of carboxylic acid groups (broad SMARTS) is 1. The largest absolute Gasteiger partial charge is 0.497 e. The van der Waals surface area contributed by atoms with E-state index in [9.17, 15) is 13.2 Å². The summed E-state index contributed by atoms with van der Waals surface area (Å²) in [5.74, 6) is -0.793. The number of benzene rings is 1. The Hall–Kier alpha value is -1.60. The maximum atomic E-state index is 12.1. The summed E-state index contributed by atoms with van der Waals surface area (Å²) < 4.78 is 31.2. The average molecular weight is 287 g/mol. The molecule has 0 heterocycles. The lowest BCUT2D eigenvalue weighted by Crippen LogP contribution is -2.40. The van der Waals surface area contributed by atoms with Gasteiger partial charge in [0, 0.05) is 6.07 Å². The van der Waals surface area contributed by atoms with Crippen LogP contribution >= 0.6 is 0 Å². The van der Waals surface area contributed by atoms with E-state index in [1.54, 1.807) is 13.0 Å². The van der Waals surface area contributed by atoms with Crippen LogP contribution in [0.3, 0.4) is 0 Å². The van der Waals surface area contributed by atoms with Crippen molar-refractivity contribution in [2.24, 2.45) is 0 Å². The maximum absolute atomic E-state index is 12.1. The molecule has 0 saturated carbocycles. The van der Waals surface area contributed by atoms with Gasteiger partial charge in [0.1, 0.15) is 11.8 Å². The number of hydrogen-bond acceptors (Lipinski definition) is 4. The summed E-state index contributed by atoms with van der Waals surface area (Å²) in [7, 11) is -2.44. The quantitative estimate of drug-likeness (QED) is 0.786. The molecular weight excluding hydrogens is 270 g/mol. The van der Waals surface area contributed by atoms with Crippen molar-refractivity contribution in [3.8, 4) is 5.75 Å². The number of hydrogen-bond donors (Lipinski definition) is 2. The molecule has 1 atom stereocenters. The third-order valence-corrected chi connectivity index (χ3v) is 3.99. The summed E-state index contributed by atoms with van der Waals surface area (Å²) in [6.45, 7) is 1.79. The first kappa shape index (κ1) is 15.5. The first-order chi connectivity index (χ1) is 8.90. The Bertz CT molecular complexity index is 541. The normalized spacial score (nSPS) is 12.9. The molecule has 1 rings (SSSR count). The van der Waals surface area contributed by atoms with E-state index < -0.39 is 22.0 Å². The number of carbonyl (C=O) groups is 1. The zero-order valence-corrected chi connectivity index (χ0v) is 11.6. The minimum absolute atomic E-state index is 0.0193. The van der Waals surface area contributed by atoms with Gasteiger partial charge in [0.25, 0.3) is 0 Å². The molecule has 0 aromatic heterocycles. The van der Waals surface area contributed by atoms with Crippen molar-refractivity contribution in [3.63, 3.8) is 0 Å². The summed E-state index contributed by atoms with van der Waals surface area (Å²) in [4.78, 5) is 11.0. The highest BCUT2D eigenvalue weighted by molar-refractivity contribution is 7.89. The Morgan fingerprint density at radius 2 is 2.16 bits per heavy atom. The van der Waals surface area contributed by atoms with Crippen LogP contribution in [0.1, 0.15) is 19.8 Å². The van der Waals surface area contributed by atoms with E-state index in [1.807, 2.05) is 0 Å². The SMILES string of the molecule is CCCC(NS(=O)(=O)c1cccc(OC)c1)C(=O)O. The van der Waals surface area contributed by atoms with Crippen molar-refractivity contribution in [1.29, 1.82) is 0 Å². The Balaban J connectivity index is 2.99. The van der Waals surface area contributed by atoms with Crippen LogP contribution in [0.2, 0.25) is 0 Å². The smallest absolute Gasteiger partial charge is 0.321 e. The van der Waals surface area contributed by atoms with Crippen LogP contribution in [-0.2, 0) is 14.8 Å². The third kappa shape index (κ3) is 4.22. The van der Waals surface area contributed by atoms with Crippen LogP contribution in [0.5, 0.6) is 5.75 Å². The third-order valence-electron chi connectivity index (χ3n) is 2.52. The van der Waals surface area contributed by atoms with Crippen molar-refractivity contribution in [2.45, 2.75) is 30.7 Å². The second-order valence-electron chi connectivity index (χ2n) is 3.98. The van der Waals surface area contributed by atoms with Crippen molar-refractivity contribution in [2.75, 3.05) is 7.11 Å². The van der Waals surface area contributed by atoms with Crippen LogP contribution in [0.25, 0.3) is 0 Å². The standard InChI is InChI=1S/C12H17NO5S/c1-3-5-11(12(14)15)13-19(16,17)10-7-4-6-9(8-10)18-2/h4,6-8,11,13H,3,5H2,1-2H3,(H,14,15). The molecule has 106 valence electrons. The monoisotopic (exact) mass is 287 g/mol. The van der Waals surface area contributed by atoms with Gasteiger partial charge in [-0.1, -0.05) is 19.4 Å². The Morgan fingerprint density at radius 1 is 1.47 bits per heavy atom. The van der Waals surface area contributed by atoms with Gasteiger partial charge in [-0.3, -0.25) is 4.79 Å². The fourth-order valence-corrected chi connectivity index (χ4v) is 2.80. The molecule has 0 bridgehead atoms. The molecule has 0 radical (unpaired) electrons. The van der Waals surface area contributed by atoms with E-state index in [1.165, 1.54) is 25.3 Å². The number of methoxy groups -OCH3 is 1. The summed E-state index contributed by atoms with van der Waals surface area (Å²) in [5, 5.41) is 8.96. The summed E-state index contributed by atoms with van der Waals surface area (Å²) >= 11 is 0. The first-order valence-electron chi connectivity index (χ1n) is 5.80. The maximum Gasteiger partial charge on any atom is 0.321 e. The van der Waals surface area contributed by atoms with E-state index in [2.05, 4.69) is 4.72 Å². The molecule has 19 heavy (non-hydrogen) atoms. The average Bonchev–Trinajstić information content (AvgIpc) is 2.38. The molecule has 6 nitrogen and oxygen atoms in total. The van der Waals surface area contributed by atoms with Gasteiger partial charge in [-0.25, -0.2) is 8.42 Å². The van der Waals surface area contributed by atoms with E-state index in [4.69, 9.17) is 9.84 Å². The van der Waals surface area contributed by atoms with Gasteiger partial charge >= 0.3 is 5.97 Å². The number of aliphatic carboxylic acids is 1. The van der Waals surface area contributed by atoms with Crippen molar-refractivity contribution in [1.82, 2.24) is 4.72 Å². The summed E-state index contributed by atoms with van der Waals surface area (Å²) in [5.41, 5.74) is 0. The van der Waals surface area contributed by atoms with E-state index in [0.29, 0.717) is 12.2 Å². The molecule has 7 heteroatoms. The zero-order chi connectivity index (χ0) is 14.5. The molecule has 2 N–H and O–H groups in total. The van der Waals surface area contributed by atoms with Crippen molar-refractivity contribution in [3.05, 3.63) is 24.3 Å². The fraction of sp³-hybridized carbons (Fsp3) is 0.417. The highest BCUT2D eigenvalue weighted by Crippen LogP contribution is 2.17. The highest BCUT2D eigenvalue weighted by atomic mass is 32.2.